The number of aromatic nitrogens is 1. The first-order chi connectivity index (χ1) is 6.74. The molecular formula is C11H12N2O. The Morgan fingerprint density at radius 1 is 1.21 bits per heavy atom. The molecule has 1 N–H and O–H groups in total. The monoisotopic (exact) mass is 188 g/mol. The highest BCUT2D eigenvalue weighted by molar-refractivity contribution is 5.91. The van der Waals surface area contributed by atoms with Gasteiger partial charge >= 0.3 is 0 Å². The Balaban J connectivity index is 2.93. The van der Waals surface area contributed by atoms with Gasteiger partial charge in [-0.25, -0.2) is 0 Å². The highest BCUT2D eigenvalue weighted by Crippen LogP contribution is 2.20. The lowest BCUT2D eigenvalue weighted by Gasteiger charge is -2.08. The van der Waals surface area contributed by atoms with Crippen LogP contribution in [0.15, 0.2) is 35.1 Å². The molecule has 0 saturated heterocycles. The molecule has 3 nitrogen and oxygen atoms in total. The van der Waals surface area contributed by atoms with Crippen molar-refractivity contribution in [3.05, 3.63) is 40.7 Å². The molecule has 0 radical (unpaired) electrons. The third-order valence-corrected chi connectivity index (χ3v) is 2.44. The van der Waals surface area contributed by atoms with Crippen LogP contribution in [0.3, 0.4) is 0 Å². The molecule has 0 atom stereocenters. The maximum atomic E-state index is 11.4. The summed E-state index contributed by atoms with van der Waals surface area (Å²) >= 11 is 0. The Labute approximate surface area is 82.0 Å². The zero-order valence-corrected chi connectivity index (χ0v) is 8.24. The van der Waals surface area contributed by atoms with E-state index in [1.54, 1.807) is 17.7 Å². The quantitative estimate of drug-likeness (QED) is 0.737. The summed E-state index contributed by atoms with van der Waals surface area (Å²) in [6.07, 6.45) is 0. The molecular weight excluding hydrogens is 176 g/mol. The summed E-state index contributed by atoms with van der Waals surface area (Å²) in [4.78, 5) is 11.4. The molecule has 1 aromatic carbocycles. The van der Waals surface area contributed by atoms with Crippen molar-refractivity contribution in [2.45, 2.75) is 0 Å². The summed E-state index contributed by atoms with van der Waals surface area (Å²) in [5, 5.41) is 4.17. The summed E-state index contributed by atoms with van der Waals surface area (Å²) in [5.41, 5.74) is 2.01. The second kappa shape index (κ2) is 3.18. The van der Waals surface area contributed by atoms with Gasteiger partial charge in [-0.3, -0.25) is 4.79 Å². The fraction of sp³-hybridized carbons (Fsp3) is 0.182. The number of pyridine rings is 1. The largest absolute Gasteiger partial charge is 0.388 e. The van der Waals surface area contributed by atoms with Gasteiger partial charge < -0.3 is 9.88 Å². The summed E-state index contributed by atoms with van der Waals surface area (Å²) in [7, 11) is 3.66. The molecule has 3 heteroatoms. The lowest BCUT2D eigenvalue weighted by Crippen LogP contribution is -2.15. The molecule has 0 aliphatic heterocycles. The van der Waals surface area contributed by atoms with E-state index in [0.717, 1.165) is 16.6 Å². The maximum Gasteiger partial charge on any atom is 0.250 e. The summed E-state index contributed by atoms with van der Waals surface area (Å²) in [5.74, 6) is 0. The van der Waals surface area contributed by atoms with Crippen LogP contribution in [0.4, 0.5) is 5.69 Å². The van der Waals surface area contributed by atoms with Crippen LogP contribution in [0.1, 0.15) is 0 Å². The molecule has 0 fully saturated rings. The number of nitrogens with zero attached hydrogens (tertiary/aromatic N) is 1. The third kappa shape index (κ3) is 1.18. The summed E-state index contributed by atoms with van der Waals surface area (Å²) < 4.78 is 1.65. The molecule has 0 unspecified atom stereocenters. The first-order valence-electron chi connectivity index (χ1n) is 4.50. The van der Waals surface area contributed by atoms with Gasteiger partial charge in [-0.2, -0.15) is 0 Å². The summed E-state index contributed by atoms with van der Waals surface area (Å²) in [6, 6.07) is 9.31. The third-order valence-electron chi connectivity index (χ3n) is 2.44. The second-order valence-corrected chi connectivity index (χ2v) is 3.22. The van der Waals surface area contributed by atoms with E-state index in [-0.39, 0.29) is 5.56 Å². The average molecular weight is 188 g/mol. The number of benzene rings is 1. The van der Waals surface area contributed by atoms with Crippen LogP contribution in [-0.2, 0) is 7.05 Å². The number of rotatable bonds is 1. The number of aryl methyl sites for hydroxylation is 1. The molecule has 0 saturated carbocycles. The SMILES string of the molecule is CNc1cccc2c1ccc(=O)n2C. The Bertz CT molecular complexity index is 528. The van der Waals surface area contributed by atoms with E-state index < -0.39 is 0 Å². The van der Waals surface area contributed by atoms with Crippen LogP contribution in [0.2, 0.25) is 0 Å². The van der Waals surface area contributed by atoms with Crippen molar-refractivity contribution >= 4 is 16.6 Å². The zero-order chi connectivity index (χ0) is 10.1. The minimum Gasteiger partial charge on any atom is -0.388 e. The predicted molar refractivity (Wildman–Crippen MR) is 58.7 cm³/mol. The first-order valence-corrected chi connectivity index (χ1v) is 4.50. The minimum atomic E-state index is 0.0192. The van der Waals surface area contributed by atoms with Crippen molar-refractivity contribution in [2.75, 3.05) is 12.4 Å². The van der Waals surface area contributed by atoms with Crippen LogP contribution >= 0.6 is 0 Å². The number of hydrogen-bond acceptors (Lipinski definition) is 2. The van der Waals surface area contributed by atoms with Crippen LogP contribution < -0.4 is 10.9 Å². The van der Waals surface area contributed by atoms with E-state index in [2.05, 4.69) is 5.32 Å². The van der Waals surface area contributed by atoms with Crippen LogP contribution in [0.25, 0.3) is 10.9 Å². The molecule has 1 aromatic heterocycles. The van der Waals surface area contributed by atoms with Crippen molar-refractivity contribution in [1.82, 2.24) is 4.57 Å². The number of nitrogens with one attached hydrogen (secondary N) is 1. The Kier molecular flexibility index (Phi) is 2.00. The molecule has 72 valence electrons. The van der Waals surface area contributed by atoms with Gasteiger partial charge in [-0.15, -0.1) is 0 Å². The lowest BCUT2D eigenvalue weighted by molar-refractivity contribution is 0.906. The van der Waals surface area contributed by atoms with Gasteiger partial charge in [0.2, 0.25) is 0 Å². The molecule has 0 aliphatic rings. The van der Waals surface area contributed by atoms with Gasteiger partial charge in [0.25, 0.3) is 5.56 Å². The van der Waals surface area contributed by atoms with Crippen LogP contribution in [0, 0.1) is 0 Å². The van der Waals surface area contributed by atoms with E-state index in [1.807, 2.05) is 31.3 Å². The second-order valence-electron chi connectivity index (χ2n) is 3.22. The number of hydrogen-bond donors (Lipinski definition) is 1. The maximum absolute atomic E-state index is 11.4. The summed E-state index contributed by atoms with van der Waals surface area (Å²) in [6.45, 7) is 0. The Morgan fingerprint density at radius 3 is 2.71 bits per heavy atom. The molecule has 0 aliphatic carbocycles. The molecule has 0 amide bonds. The van der Waals surface area contributed by atoms with Gasteiger partial charge in [-0.1, -0.05) is 6.07 Å². The van der Waals surface area contributed by atoms with E-state index in [1.165, 1.54) is 0 Å². The normalized spacial score (nSPS) is 10.4. The van der Waals surface area contributed by atoms with Crippen molar-refractivity contribution in [2.24, 2.45) is 7.05 Å². The van der Waals surface area contributed by atoms with Crippen LogP contribution in [0.5, 0.6) is 0 Å². The van der Waals surface area contributed by atoms with E-state index in [9.17, 15) is 4.79 Å². The standard InChI is InChI=1S/C11H12N2O/c1-12-9-4-3-5-10-8(9)6-7-11(14)13(10)2/h3-7,12H,1-2H3. The topological polar surface area (TPSA) is 34.0 Å². The molecule has 1 heterocycles. The minimum absolute atomic E-state index is 0.0192. The fourth-order valence-corrected chi connectivity index (χ4v) is 1.62. The molecule has 14 heavy (non-hydrogen) atoms. The molecule has 0 bridgehead atoms. The molecule has 2 aromatic rings. The van der Waals surface area contributed by atoms with Gasteiger partial charge in [0.05, 0.1) is 5.52 Å². The highest BCUT2D eigenvalue weighted by Gasteiger charge is 2.01. The Morgan fingerprint density at radius 2 is 2.00 bits per heavy atom. The van der Waals surface area contributed by atoms with Crippen molar-refractivity contribution in [3.8, 4) is 0 Å². The molecule has 0 spiro atoms. The van der Waals surface area contributed by atoms with E-state index in [0.29, 0.717) is 0 Å². The fourth-order valence-electron chi connectivity index (χ4n) is 1.62. The van der Waals surface area contributed by atoms with Crippen LogP contribution in [-0.4, -0.2) is 11.6 Å². The van der Waals surface area contributed by atoms with Gasteiger partial charge in [0, 0.05) is 31.2 Å². The van der Waals surface area contributed by atoms with E-state index >= 15 is 0 Å². The average Bonchev–Trinajstić information content (AvgIpc) is 2.23. The van der Waals surface area contributed by atoms with Gasteiger partial charge in [0.15, 0.2) is 0 Å². The smallest absolute Gasteiger partial charge is 0.250 e. The van der Waals surface area contributed by atoms with Crippen molar-refractivity contribution < 1.29 is 0 Å². The lowest BCUT2D eigenvalue weighted by atomic mass is 10.2. The van der Waals surface area contributed by atoms with Crippen molar-refractivity contribution in [3.63, 3.8) is 0 Å². The Hall–Kier alpha value is -1.77. The number of fused-ring (bicyclic) bond motifs is 1. The van der Waals surface area contributed by atoms with Gasteiger partial charge in [-0.05, 0) is 18.2 Å². The molecule has 2 rings (SSSR count). The first kappa shape index (κ1) is 8.81. The zero-order valence-electron chi connectivity index (χ0n) is 8.24. The van der Waals surface area contributed by atoms with Crippen molar-refractivity contribution in [1.29, 1.82) is 0 Å². The predicted octanol–water partition coefficient (Wildman–Crippen LogP) is 1.58. The highest BCUT2D eigenvalue weighted by atomic mass is 16.1. The number of anilines is 1. The van der Waals surface area contributed by atoms with E-state index in [4.69, 9.17) is 0 Å². The van der Waals surface area contributed by atoms with Gasteiger partial charge in [0.1, 0.15) is 0 Å².